The van der Waals surface area contributed by atoms with Crippen molar-refractivity contribution in [2.45, 2.75) is 0 Å². The molecule has 1 aliphatic rings. The number of fused-ring (bicyclic) bond motifs is 2. The number of phenolic OH excluding ortho intramolecular Hbond substituents is 2. The van der Waals surface area contributed by atoms with Crippen LogP contribution in [0, 0.1) is 0 Å². The minimum Gasteiger partial charge on any atom is -0.504 e. The van der Waals surface area contributed by atoms with E-state index < -0.39 is 17.3 Å². The van der Waals surface area contributed by atoms with Crippen LogP contribution in [0.25, 0.3) is 0 Å². The molecule has 2 aromatic carbocycles. The Bertz CT molecular complexity index is 986. The zero-order chi connectivity index (χ0) is 22.0. The van der Waals surface area contributed by atoms with Gasteiger partial charge in [-0.3, -0.25) is 9.59 Å². The maximum atomic E-state index is 13.4. The van der Waals surface area contributed by atoms with Gasteiger partial charge in [0.2, 0.25) is 5.78 Å². The molecule has 0 bridgehead atoms. The quantitative estimate of drug-likeness (QED) is 0.415. The summed E-state index contributed by atoms with van der Waals surface area (Å²) in [5.74, 6) is -1.85. The van der Waals surface area contributed by atoms with E-state index in [0.29, 0.717) is 24.5 Å². The Morgan fingerprint density at radius 3 is 1.73 bits per heavy atom. The lowest BCUT2D eigenvalue weighted by molar-refractivity contribution is 0.0977. The van der Waals surface area contributed by atoms with Crippen LogP contribution in [-0.2, 0) is 0 Å². The number of carbonyl (C=O) groups is 2. The maximum absolute atomic E-state index is 13.4. The van der Waals surface area contributed by atoms with Crippen LogP contribution in [0.1, 0.15) is 31.8 Å². The van der Waals surface area contributed by atoms with E-state index in [-0.39, 0.29) is 28.0 Å². The van der Waals surface area contributed by atoms with E-state index >= 15 is 0 Å². The Balaban J connectivity index is 2.09. The first kappa shape index (κ1) is 21.6. The van der Waals surface area contributed by atoms with Gasteiger partial charge in [-0.2, -0.15) is 0 Å². The van der Waals surface area contributed by atoms with Crippen molar-refractivity contribution in [1.29, 1.82) is 0 Å². The van der Waals surface area contributed by atoms with Crippen LogP contribution in [0.5, 0.6) is 11.5 Å². The van der Waals surface area contributed by atoms with E-state index in [9.17, 15) is 19.8 Å². The lowest BCUT2D eigenvalue weighted by Gasteiger charge is -2.25. The Morgan fingerprint density at radius 2 is 1.23 bits per heavy atom. The van der Waals surface area contributed by atoms with Crippen LogP contribution in [0.4, 0.5) is 11.4 Å². The zero-order valence-electron chi connectivity index (χ0n) is 17.7. The Morgan fingerprint density at radius 1 is 0.733 bits per heavy atom. The smallest absolute Gasteiger partial charge is 0.200 e. The second-order valence-electron chi connectivity index (χ2n) is 7.88. The third-order valence-corrected chi connectivity index (χ3v) is 5.04. The molecule has 8 nitrogen and oxygen atoms in total. The van der Waals surface area contributed by atoms with E-state index in [1.165, 1.54) is 12.1 Å². The highest BCUT2D eigenvalue weighted by molar-refractivity contribution is 6.32. The van der Waals surface area contributed by atoms with Crippen LogP contribution in [0.2, 0.25) is 0 Å². The summed E-state index contributed by atoms with van der Waals surface area (Å²) in [6.07, 6.45) is 0. The van der Waals surface area contributed by atoms with Crippen molar-refractivity contribution in [2.24, 2.45) is 0 Å². The SMILES string of the molecule is CN(C)CCNc1ccc(NCCN(C)C)c2c1C(=O)c1ccc(O)c(O)c1C2=O. The fraction of sp³-hybridized carbons (Fsp3) is 0.364. The summed E-state index contributed by atoms with van der Waals surface area (Å²) in [5.41, 5.74) is 1.52. The molecule has 1 aliphatic carbocycles. The monoisotopic (exact) mass is 412 g/mol. The molecule has 0 radical (unpaired) electrons. The van der Waals surface area contributed by atoms with Gasteiger partial charge in [0, 0.05) is 43.1 Å². The van der Waals surface area contributed by atoms with Gasteiger partial charge in [-0.25, -0.2) is 0 Å². The molecule has 4 N–H and O–H groups in total. The number of nitrogens with one attached hydrogen (secondary N) is 2. The van der Waals surface area contributed by atoms with Gasteiger partial charge < -0.3 is 30.6 Å². The zero-order valence-corrected chi connectivity index (χ0v) is 17.7. The number of carbonyl (C=O) groups excluding carboxylic acids is 2. The minimum atomic E-state index is -0.568. The number of hydrogen-bond acceptors (Lipinski definition) is 8. The maximum Gasteiger partial charge on any atom is 0.200 e. The standard InChI is InChI=1S/C22H28N4O4/c1-25(2)11-9-23-14-6-7-15(24-10-12-26(3)4)19-18(14)20(28)13-5-8-16(27)21(29)17(13)22(19)30/h5-8,23-24,27,29H,9-12H2,1-4H3. The van der Waals surface area contributed by atoms with Crippen molar-refractivity contribution in [3.63, 3.8) is 0 Å². The van der Waals surface area contributed by atoms with Crippen LogP contribution in [0.15, 0.2) is 24.3 Å². The van der Waals surface area contributed by atoms with Gasteiger partial charge in [-0.05, 0) is 52.5 Å². The molecule has 0 aromatic heterocycles. The van der Waals surface area contributed by atoms with Gasteiger partial charge in [-0.15, -0.1) is 0 Å². The van der Waals surface area contributed by atoms with Crippen LogP contribution < -0.4 is 10.6 Å². The predicted octanol–water partition coefficient (Wildman–Crippen LogP) is 1.82. The first-order valence-corrected chi connectivity index (χ1v) is 9.81. The van der Waals surface area contributed by atoms with E-state index in [0.717, 1.165) is 13.1 Å². The van der Waals surface area contributed by atoms with Gasteiger partial charge >= 0.3 is 0 Å². The molecular formula is C22H28N4O4. The third-order valence-electron chi connectivity index (χ3n) is 5.04. The van der Waals surface area contributed by atoms with Gasteiger partial charge in [0.15, 0.2) is 17.3 Å². The molecule has 0 aliphatic heterocycles. The molecule has 0 saturated carbocycles. The number of benzene rings is 2. The first-order chi connectivity index (χ1) is 14.2. The second kappa shape index (κ2) is 8.73. The molecule has 0 atom stereocenters. The molecule has 2 aromatic rings. The normalized spacial score (nSPS) is 12.9. The lowest BCUT2D eigenvalue weighted by Crippen LogP contribution is -2.27. The van der Waals surface area contributed by atoms with E-state index in [4.69, 9.17) is 0 Å². The van der Waals surface area contributed by atoms with Crippen LogP contribution in [0.3, 0.4) is 0 Å². The highest BCUT2D eigenvalue weighted by Crippen LogP contribution is 2.42. The topological polar surface area (TPSA) is 105 Å². The summed E-state index contributed by atoms with van der Waals surface area (Å²) in [7, 11) is 7.80. The highest BCUT2D eigenvalue weighted by atomic mass is 16.3. The number of rotatable bonds is 8. The Kier molecular flexibility index (Phi) is 6.28. The number of ketones is 2. The summed E-state index contributed by atoms with van der Waals surface area (Å²) in [5, 5.41) is 26.6. The predicted molar refractivity (Wildman–Crippen MR) is 117 cm³/mol. The van der Waals surface area contributed by atoms with Crippen molar-refractivity contribution in [3.05, 3.63) is 46.5 Å². The lowest BCUT2D eigenvalue weighted by atomic mass is 9.81. The number of hydrogen-bond donors (Lipinski definition) is 4. The Labute approximate surface area is 176 Å². The fourth-order valence-electron chi connectivity index (χ4n) is 3.46. The van der Waals surface area contributed by atoms with Gasteiger partial charge in [-0.1, -0.05) is 0 Å². The van der Waals surface area contributed by atoms with Gasteiger partial charge in [0.05, 0.1) is 16.7 Å². The summed E-state index contributed by atoms with van der Waals surface area (Å²) in [4.78, 5) is 30.7. The third kappa shape index (κ3) is 4.10. The van der Waals surface area contributed by atoms with Crippen molar-refractivity contribution >= 4 is 22.9 Å². The molecule has 0 heterocycles. The highest BCUT2D eigenvalue weighted by Gasteiger charge is 2.36. The number of phenols is 2. The molecule has 3 rings (SSSR count). The number of nitrogens with zero attached hydrogens (tertiary/aromatic N) is 2. The number of likely N-dealkylation sites (N-methyl/N-ethyl adjacent to an activating group) is 2. The van der Waals surface area contributed by atoms with Gasteiger partial charge in [0.1, 0.15) is 0 Å². The van der Waals surface area contributed by atoms with Crippen LogP contribution in [-0.4, -0.2) is 85.9 Å². The minimum absolute atomic E-state index is 0.0869. The average Bonchev–Trinajstić information content (AvgIpc) is 2.68. The molecule has 0 fully saturated rings. The molecule has 0 saturated heterocycles. The van der Waals surface area contributed by atoms with Crippen LogP contribution >= 0.6 is 0 Å². The number of anilines is 2. The molecule has 0 amide bonds. The van der Waals surface area contributed by atoms with E-state index in [1.807, 2.05) is 38.0 Å². The molecular weight excluding hydrogens is 384 g/mol. The van der Waals surface area contributed by atoms with Gasteiger partial charge in [0.25, 0.3) is 0 Å². The first-order valence-electron chi connectivity index (χ1n) is 9.81. The molecule has 160 valence electrons. The fourth-order valence-corrected chi connectivity index (χ4v) is 3.46. The average molecular weight is 412 g/mol. The van der Waals surface area contributed by atoms with Crippen molar-refractivity contribution in [2.75, 3.05) is 65.0 Å². The number of aromatic hydroxyl groups is 2. The molecule has 8 heteroatoms. The van der Waals surface area contributed by atoms with E-state index in [2.05, 4.69) is 10.6 Å². The van der Waals surface area contributed by atoms with Crippen molar-refractivity contribution < 1.29 is 19.8 Å². The van der Waals surface area contributed by atoms with Crippen molar-refractivity contribution in [1.82, 2.24) is 9.80 Å². The molecule has 30 heavy (non-hydrogen) atoms. The summed E-state index contributed by atoms with van der Waals surface area (Å²) in [6.45, 7) is 2.67. The summed E-state index contributed by atoms with van der Waals surface area (Å²) < 4.78 is 0. The second-order valence-corrected chi connectivity index (χ2v) is 7.88. The molecule has 0 unspecified atom stereocenters. The van der Waals surface area contributed by atoms with Crippen molar-refractivity contribution in [3.8, 4) is 11.5 Å². The Hall–Kier alpha value is -3.10. The summed E-state index contributed by atoms with van der Waals surface area (Å²) >= 11 is 0. The van der Waals surface area contributed by atoms with E-state index in [1.54, 1.807) is 12.1 Å². The largest absolute Gasteiger partial charge is 0.504 e. The molecule has 0 spiro atoms. The summed E-state index contributed by atoms with van der Waals surface area (Å²) in [6, 6.07) is 6.16.